The molecule has 0 radical (unpaired) electrons. The predicted molar refractivity (Wildman–Crippen MR) is 73.6 cm³/mol. The summed E-state index contributed by atoms with van der Waals surface area (Å²) in [7, 11) is 0. The SMILES string of the molecule is C=Nc1sc(C)cc1C(=C)C.CCCC. The van der Waals surface area contributed by atoms with Gasteiger partial charge in [0.15, 0.2) is 0 Å². The van der Waals surface area contributed by atoms with Crippen molar-refractivity contribution < 1.29 is 0 Å². The molecule has 0 amide bonds. The molecule has 0 N–H and O–H groups in total. The second-order valence-corrected chi connectivity index (χ2v) is 4.75. The van der Waals surface area contributed by atoms with Gasteiger partial charge in [-0.2, -0.15) is 0 Å². The molecule has 0 fully saturated rings. The standard InChI is InChI=1S/C9H11NS.C4H10/c1-6(2)8-5-7(3)11-9(8)10-4;1-3-4-2/h5H,1,4H2,2-3H3;3-4H2,1-2H3. The van der Waals surface area contributed by atoms with Crippen LogP contribution in [0.1, 0.15) is 44.1 Å². The average molecular weight is 223 g/mol. The van der Waals surface area contributed by atoms with Gasteiger partial charge in [-0.3, -0.25) is 4.99 Å². The Hall–Kier alpha value is -0.890. The first kappa shape index (κ1) is 14.1. The summed E-state index contributed by atoms with van der Waals surface area (Å²) in [6, 6.07) is 2.09. The Morgan fingerprint density at radius 3 is 2.20 bits per heavy atom. The van der Waals surface area contributed by atoms with Crippen LogP contribution < -0.4 is 0 Å². The summed E-state index contributed by atoms with van der Waals surface area (Å²) in [5.41, 5.74) is 2.18. The number of hydrogen-bond donors (Lipinski definition) is 0. The van der Waals surface area contributed by atoms with Gasteiger partial charge in [0.25, 0.3) is 0 Å². The van der Waals surface area contributed by atoms with Crippen LogP contribution in [0.15, 0.2) is 17.6 Å². The zero-order chi connectivity index (χ0) is 11.8. The van der Waals surface area contributed by atoms with Gasteiger partial charge < -0.3 is 0 Å². The minimum atomic E-state index is 0.981. The number of rotatable bonds is 3. The van der Waals surface area contributed by atoms with Crippen molar-refractivity contribution in [2.24, 2.45) is 4.99 Å². The zero-order valence-corrected chi connectivity index (χ0v) is 11.1. The van der Waals surface area contributed by atoms with Crippen molar-refractivity contribution in [2.75, 3.05) is 0 Å². The Morgan fingerprint density at radius 1 is 1.40 bits per heavy atom. The second-order valence-electron chi connectivity index (χ2n) is 3.51. The van der Waals surface area contributed by atoms with E-state index in [1.165, 1.54) is 17.7 Å². The van der Waals surface area contributed by atoms with Crippen LogP contribution in [-0.4, -0.2) is 6.72 Å². The van der Waals surface area contributed by atoms with Crippen LogP contribution in [0.3, 0.4) is 0 Å². The predicted octanol–water partition coefficient (Wildman–Crippen LogP) is 5.23. The zero-order valence-electron chi connectivity index (χ0n) is 10.3. The van der Waals surface area contributed by atoms with Crippen molar-refractivity contribution in [2.45, 2.75) is 40.5 Å². The smallest absolute Gasteiger partial charge is 0.122 e. The monoisotopic (exact) mass is 223 g/mol. The van der Waals surface area contributed by atoms with Crippen LogP contribution in [-0.2, 0) is 0 Å². The molecule has 1 rings (SSSR count). The highest BCUT2D eigenvalue weighted by Gasteiger charge is 2.04. The van der Waals surface area contributed by atoms with Crippen molar-refractivity contribution in [3.63, 3.8) is 0 Å². The average Bonchev–Trinajstić information content (AvgIpc) is 2.60. The number of thiophene rings is 1. The highest BCUT2D eigenvalue weighted by molar-refractivity contribution is 7.16. The van der Waals surface area contributed by atoms with Crippen molar-refractivity contribution in [3.8, 4) is 0 Å². The molecule has 0 aliphatic rings. The molecule has 84 valence electrons. The molecule has 0 atom stereocenters. The van der Waals surface area contributed by atoms with Crippen molar-refractivity contribution in [3.05, 3.63) is 23.1 Å². The molecule has 15 heavy (non-hydrogen) atoms. The van der Waals surface area contributed by atoms with Crippen LogP contribution in [0.5, 0.6) is 0 Å². The Morgan fingerprint density at radius 2 is 1.93 bits per heavy atom. The van der Waals surface area contributed by atoms with Gasteiger partial charge in [-0.1, -0.05) is 33.3 Å². The van der Waals surface area contributed by atoms with E-state index in [0.717, 1.165) is 16.1 Å². The maximum absolute atomic E-state index is 3.92. The van der Waals surface area contributed by atoms with Gasteiger partial charge in [-0.15, -0.1) is 11.3 Å². The Labute approximate surface area is 97.6 Å². The van der Waals surface area contributed by atoms with Crippen LogP contribution in [0.25, 0.3) is 5.57 Å². The largest absolute Gasteiger partial charge is 0.253 e. The summed E-state index contributed by atoms with van der Waals surface area (Å²) in [6.45, 7) is 15.8. The number of aliphatic imine (C=N–C) groups is 1. The lowest BCUT2D eigenvalue weighted by Gasteiger charge is -1.93. The summed E-state index contributed by atoms with van der Waals surface area (Å²) in [5.74, 6) is 0. The first-order valence-electron chi connectivity index (χ1n) is 5.29. The van der Waals surface area contributed by atoms with Crippen LogP contribution in [0.4, 0.5) is 5.00 Å². The molecule has 1 heterocycles. The fourth-order valence-corrected chi connectivity index (χ4v) is 1.81. The highest BCUT2D eigenvalue weighted by Crippen LogP contribution is 2.33. The van der Waals surface area contributed by atoms with Crippen molar-refractivity contribution >= 4 is 28.6 Å². The molecule has 1 nitrogen and oxygen atoms in total. The summed E-state index contributed by atoms with van der Waals surface area (Å²) >= 11 is 1.65. The molecule has 0 spiro atoms. The maximum Gasteiger partial charge on any atom is 0.122 e. The summed E-state index contributed by atoms with van der Waals surface area (Å²) in [5, 5.41) is 0.981. The summed E-state index contributed by atoms with van der Waals surface area (Å²) in [6.07, 6.45) is 2.64. The molecule has 2 heteroatoms. The number of unbranched alkanes of at least 4 members (excludes halogenated alkanes) is 1. The lowest BCUT2D eigenvalue weighted by atomic mass is 10.2. The third-order valence-corrected chi connectivity index (χ3v) is 2.92. The Bertz CT molecular complexity index is 321. The molecular weight excluding hydrogens is 202 g/mol. The maximum atomic E-state index is 3.92. The molecule has 0 bridgehead atoms. The van der Waals surface area contributed by atoms with E-state index in [-0.39, 0.29) is 0 Å². The van der Waals surface area contributed by atoms with E-state index in [0.29, 0.717) is 0 Å². The Balaban J connectivity index is 0.000000423. The minimum Gasteiger partial charge on any atom is -0.253 e. The molecule has 0 aromatic carbocycles. The molecule has 0 saturated carbocycles. The quantitative estimate of drug-likeness (QED) is 0.622. The van der Waals surface area contributed by atoms with Gasteiger partial charge in [0.1, 0.15) is 5.00 Å². The van der Waals surface area contributed by atoms with Gasteiger partial charge in [0.05, 0.1) is 0 Å². The topological polar surface area (TPSA) is 12.4 Å². The number of aryl methyl sites for hydroxylation is 1. The van der Waals surface area contributed by atoms with Gasteiger partial charge in [0.2, 0.25) is 0 Å². The van der Waals surface area contributed by atoms with Gasteiger partial charge in [-0.25, -0.2) is 0 Å². The van der Waals surface area contributed by atoms with Crippen LogP contribution in [0, 0.1) is 6.92 Å². The lowest BCUT2D eigenvalue weighted by molar-refractivity contribution is 0.886. The highest BCUT2D eigenvalue weighted by atomic mass is 32.1. The van der Waals surface area contributed by atoms with E-state index in [9.17, 15) is 0 Å². The molecule has 0 aliphatic carbocycles. The first-order valence-corrected chi connectivity index (χ1v) is 6.11. The molecular formula is C13H21NS. The third-order valence-electron chi connectivity index (χ3n) is 1.94. The van der Waals surface area contributed by atoms with Crippen molar-refractivity contribution in [1.82, 2.24) is 0 Å². The van der Waals surface area contributed by atoms with Gasteiger partial charge in [-0.05, 0) is 32.2 Å². The molecule has 1 aromatic rings. The van der Waals surface area contributed by atoms with Gasteiger partial charge >= 0.3 is 0 Å². The second kappa shape index (κ2) is 7.41. The molecule has 0 saturated heterocycles. The van der Waals surface area contributed by atoms with E-state index in [2.05, 4.69) is 45.1 Å². The van der Waals surface area contributed by atoms with E-state index in [1.807, 2.05) is 6.92 Å². The van der Waals surface area contributed by atoms with Crippen molar-refractivity contribution in [1.29, 1.82) is 0 Å². The van der Waals surface area contributed by atoms with Crippen LogP contribution in [0.2, 0.25) is 0 Å². The number of nitrogens with zero attached hydrogens (tertiary/aromatic N) is 1. The third kappa shape index (κ3) is 4.93. The van der Waals surface area contributed by atoms with Crippen LogP contribution >= 0.6 is 11.3 Å². The lowest BCUT2D eigenvalue weighted by Crippen LogP contribution is -1.69. The van der Waals surface area contributed by atoms with E-state index < -0.39 is 0 Å². The number of hydrogen-bond acceptors (Lipinski definition) is 2. The Kier molecular flexibility index (Phi) is 6.97. The first-order chi connectivity index (χ1) is 7.06. The van der Waals surface area contributed by atoms with E-state index >= 15 is 0 Å². The summed E-state index contributed by atoms with van der Waals surface area (Å²) in [4.78, 5) is 5.18. The number of allylic oxidation sites excluding steroid dienone is 1. The fourth-order valence-electron chi connectivity index (χ4n) is 0.925. The molecule has 0 unspecified atom stereocenters. The fraction of sp³-hybridized carbons (Fsp3) is 0.462. The normalized spacial score (nSPS) is 9.07. The summed E-state index contributed by atoms with van der Waals surface area (Å²) < 4.78 is 0. The van der Waals surface area contributed by atoms with E-state index in [1.54, 1.807) is 11.3 Å². The molecule has 0 aliphatic heterocycles. The minimum absolute atomic E-state index is 0.981. The van der Waals surface area contributed by atoms with E-state index in [4.69, 9.17) is 0 Å². The molecule has 1 aromatic heterocycles. The van der Waals surface area contributed by atoms with Gasteiger partial charge in [0, 0.05) is 10.4 Å².